The van der Waals surface area contributed by atoms with E-state index >= 15 is 4.39 Å². The van der Waals surface area contributed by atoms with E-state index in [0.717, 1.165) is 22.6 Å². The molecule has 0 radical (unpaired) electrons. The van der Waals surface area contributed by atoms with E-state index < -0.39 is 17.5 Å². The fourth-order valence-electron chi connectivity index (χ4n) is 4.43. The first kappa shape index (κ1) is 26.9. The number of amides is 1. The van der Waals surface area contributed by atoms with Crippen molar-refractivity contribution in [2.45, 2.75) is 52.4 Å². The van der Waals surface area contributed by atoms with Crippen molar-refractivity contribution in [1.82, 2.24) is 14.8 Å². The predicted molar refractivity (Wildman–Crippen MR) is 147 cm³/mol. The Bertz CT molecular complexity index is 1630. The maximum absolute atomic E-state index is 15.1. The lowest BCUT2D eigenvalue weighted by molar-refractivity contribution is -0.134. The number of nitrogens with zero attached hydrogens (tertiary/aromatic N) is 3. The van der Waals surface area contributed by atoms with E-state index in [1.54, 1.807) is 16.8 Å². The van der Waals surface area contributed by atoms with Gasteiger partial charge < -0.3 is 10.1 Å². The molecule has 1 aliphatic rings. The van der Waals surface area contributed by atoms with Crippen molar-refractivity contribution in [3.05, 3.63) is 94.7 Å². The minimum Gasteiger partial charge on any atom is -0.457 e. The van der Waals surface area contributed by atoms with Crippen LogP contribution in [0.5, 0.6) is 11.5 Å². The number of pyridine rings is 1. The van der Waals surface area contributed by atoms with Gasteiger partial charge in [-0.2, -0.15) is 5.10 Å². The molecule has 0 saturated heterocycles. The van der Waals surface area contributed by atoms with E-state index in [4.69, 9.17) is 9.84 Å². The van der Waals surface area contributed by atoms with E-state index in [1.165, 1.54) is 18.3 Å². The summed E-state index contributed by atoms with van der Waals surface area (Å²) in [6.07, 6.45) is 1.27. The molecule has 3 heterocycles. The molecule has 40 heavy (non-hydrogen) atoms. The molecule has 2 aromatic heterocycles. The van der Waals surface area contributed by atoms with Gasteiger partial charge in [0.15, 0.2) is 0 Å². The number of halogens is 1. The second-order valence-electron chi connectivity index (χ2n) is 11.0. The maximum atomic E-state index is 15.1. The highest BCUT2D eigenvalue weighted by Gasteiger charge is 2.27. The van der Waals surface area contributed by atoms with Crippen LogP contribution in [-0.4, -0.2) is 32.2 Å². The number of ketones is 2. The van der Waals surface area contributed by atoms with Crippen molar-refractivity contribution in [2.24, 2.45) is 0 Å². The van der Waals surface area contributed by atoms with E-state index in [0.29, 0.717) is 11.3 Å². The number of benzene rings is 2. The molecule has 0 fully saturated rings. The summed E-state index contributed by atoms with van der Waals surface area (Å²) in [6, 6.07) is 15.7. The second kappa shape index (κ2) is 10.5. The topological polar surface area (TPSA) is 103 Å². The summed E-state index contributed by atoms with van der Waals surface area (Å²) in [6.45, 7) is 8.20. The molecule has 4 aromatic rings. The average molecular weight is 541 g/mol. The molecule has 204 valence electrons. The van der Waals surface area contributed by atoms with E-state index in [1.807, 2.05) is 37.3 Å². The molecule has 8 nitrogen and oxygen atoms in total. The summed E-state index contributed by atoms with van der Waals surface area (Å²) >= 11 is 0. The number of fused-ring (bicyclic) bond motifs is 1. The average Bonchev–Trinajstić information content (AvgIpc) is 3.31. The zero-order valence-electron chi connectivity index (χ0n) is 22.7. The van der Waals surface area contributed by atoms with Crippen molar-refractivity contribution >= 4 is 23.3 Å². The Morgan fingerprint density at radius 2 is 1.80 bits per heavy atom. The van der Waals surface area contributed by atoms with Gasteiger partial charge in [-0.05, 0) is 42.8 Å². The Morgan fingerprint density at radius 1 is 1.05 bits per heavy atom. The van der Waals surface area contributed by atoms with Crippen LogP contribution in [0.3, 0.4) is 0 Å². The number of nitrogens with one attached hydrogen (secondary N) is 1. The highest BCUT2D eigenvalue weighted by atomic mass is 19.1. The van der Waals surface area contributed by atoms with E-state index in [-0.39, 0.29) is 47.6 Å². The van der Waals surface area contributed by atoms with E-state index in [2.05, 4.69) is 31.1 Å². The Kier molecular flexibility index (Phi) is 7.06. The number of hydrogen-bond acceptors (Lipinski definition) is 6. The minimum atomic E-state index is -0.728. The fraction of sp³-hybridized carbons (Fsp3) is 0.258. The van der Waals surface area contributed by atoms with Crippen molar-refractivity contribution in [2.75, 3.05) is 5.32 Å². The Hall–Kier alpha value is -4.66. The molecular formula is C31H29FN4O4. The van der Waals surface area contributed by atoms with Crippen molar-refractivity contribution in [1.29, 1.82) is 0 Å². The van der Waals surface area contributed by atoms with Crippen LogP contribution in [0, 0.1) is 12.7 Å². The lowest BCUT2D eigenvalue weighted by Gasteiger charge is -2.18. The van der Waals surface area contributed by atoms with Gasteiger partial charge in [0.05, 0.1) is 17.1 Å². The number of aryl methyl sites for hydroxylation is 1. The number of ether oxygens (including phenoxy) is 1. The van der Waals surface area contributed by atoms with Crippen LogP contribution in [-0.2, 0) is 39.1 Å². The van der Waals surface area contributed by atoms with Gasteiger partial charge in [-0.1, -0.05) is 44.5 Å². The summed E-state index contributed by atoms with van der Waals surface area (Å²) in [5.74, 6) is -1.35. The van der Waals surface area contributed by atoms with Crippen molar-refractivity contribution in [3.63, 3.8) is 0 Å². The molecule has 0 unspecified atom stereocenters. The molecule has 1 N–H and O–H groups in total. The molecule has 9 heteroatoms. The smallest absolute Gasteiger partial charge is 0.293 e. The number of rotatable bonds is 7. The third kappa shape index (κ3) is 5.68. The zero-order chi connectivity index (χ0) is 28.6. The lowest BCUT2D eigenvalue weighted by Crippen LogP contribution is -2.30. The summed E-state index contributed by atoms with van der Waals surface area (Å²) in [7, 11) is 0. The van der Waals surface area contributed by atoms with Crippen LogP contribution < -0.4 is 10.1 Å². The first-order chi connectivity index (χ1) is 19.0. The molecule has 0 saturated carbocycles. The number of aromatic nitrogens is 3. The van der Waals surface area contributed by atoms with Gasteiger partial charge in [-0.15, -0.1) is 0 Å². The van der Waals surface area contributed by atoms with Crippen molar-refractivity contribution < 1.29 is 23.5 Å². The zero-order valence-corrected chi connectivity index (χ0v) is 22.7. The van der Waals surface area contributed by atoms with Crippen LogP contribution in [0.25, 0.3) is 5.69 Å². The molecule has 0 spiro atoms. The minimum absolute atomic E-state index is 0.0948. The van der Waals surface area contributed by atoms with Crippen LogP contribution in [0.1, 0.15) is 48.8 Å². The van der Waals surface area contributed by atoms with Gasteiger partial charge >= 0.3 is 0 Å². The summed E-state index contributed by atoms with van der Waals surface area (Å²) in [5.41, 5.74) is 4.04. The van der Waals surface area contributed by atoms with Gasteiger partial charge in [0.25, 0.3) is 5.91 Å². The van der Waals surface area contributed by atoms with Gasteiger partial charge in [-0.3, -0.25) is 14.4 Å². The van der Waals surface area contributed by atoms with Gasteiger partial charge in [0, 0.05) is 42.5 Å². The van der Waals surface area contributed by atoms with Crippen LogP contribution in [0.2, 0.25) is 0 Å². The summed E-state index contributed by atoms with van der Waals surface area (Å²) in [4.78, 5) is 40.7. The van der Waals surface area contributed by atoms with E-state index in [9.17, 15) is 14.4 Å². The Morgan fingerprint density at radius 3 is 2.50 bits per heavy atom. The lowest BCUT2D eigenvalue weighted by atomic mass is 9.92. The molecule has 5 rings (SSSR count). The number of anilines is 1. The normalized spacial score (nSPS) is 13.1. The van der Waals surface area contributed by atoms with Gasteiger partial charge in [0.2, 0.25) is 5.78 Å². The second-order valence-corrected chi connectivity index (χ2v) is 11.0. The molecule has 1 aliphatic heterocycles. The predicted octanol–water partition coefficient (Wildman–Crippen LogP) is 5.22. The third-order valence-corrected chi connectivity index (χ3v) is 6.68. The third-order valence-electron chi connectivity index (χ3n) is 6.68. The summed E-state index contributed by atoms with van der Waals surface area (Å²) in [5, 5.41) is 7.20. The van der Waals surface area contributed by atoms with Crippen LogP contribution in [0.4, 0.5) is 10.2 Å². The maximum Gasteiger partial charge on any atom is 0.293 e. The largest absolute Gasteiger partial charge is 0.457 e. The molecule has 0 atom stereocenters. The van der Waals surface area contributed by atoms with Gasteiger partial charge in [0.1, 0.15) is 28.9 Å². The standard InChI is InChI=1S/C31H29FN4O4/c1-18-5-8-20(9-6-18)36-21(15-28(35-36)31(2,3)4)14-22(37)13-19-7-10-23(16-25(19)32)40-27-11-12-33-29-24(27)17-26(38)30(39)34-29/h5-12,15-16H,13-14,17H2,1-4H3,(H,33,34,39). The SMILES string of the molecule is Cc1ccc(-n2nc(C(C)(C)C)cc2CC(=O)Cc2ccc(Oc3ccnc4c3CC(=O)C(=O)N4)cc2F)cc1. The Labute approximate surface area is 231 Å². The number of carbonyl (C=O) groups excluding carboxylic acids is 3. The molecule has 0 bridgehead atoms. The van der Waals surface area contributed by atoms with Crippen LogP contribution in [0.15, 0.2) is 60.8 Å². The summed E-state index contributed by atoms with van der Waals surface area (Å²) < 4.78 is 22.7. The Balaban J connectivity index is 1.33. The molecule has 1 amide bonds. The van der Waals surface area contributed by atoms with Crippen LogP contribution >= 0.6 is 0 Å². The van der Waals surface area contributed by atoms with Crippen molar-refractivity contribution in [3.8, 4) is 17.2 Å². The highest BCUT2D eigenvalue weighted by Crippen LogP contribution is 2.32. The highest BCUT2D eigenvalue weighted by molar-refractivity contribution is 6.42. The monoisotopic (exact) mass is 540 g/mol. The molecular weight excluding hydrogens is 511 g/mol. The quantitative estimate of drug-likeness (QED) is 0.322. The number of carbonyl (C=O) groups is 3. The molecule has 2 aromatic carbocycles. The fourth-order valence-corrected chi connectivity index (χ4v) is 4.43. The molecule has 0 aliphatic carbocycles. The number of Topliss-reactive ketones (excluding diaryl/α,β-unsaturated/α-hetero) is 2. The number of hydrogen-bond donors (Lipinski definition) is 1. The first-order valence-electron chi connectivity index (χ1n) is 12.9. The first-order valence-corrected chi connectivity index (χ1v) is 12.9. The van der Waals surface area contributed by atoms with Gasteiger partial charge in [-0.25, -0.2) is 14.1 Å².